The lowest BCUT2D eigenvalue weighted by Crippen LogP contribution is -2.62. The highest BCUT2D eigenvalue weighted by atomic mass is 28.4. The van der Waals surface area contributed by atoms with E-state index in [-0.39, 0.29) is 21.2 Å². The van der Waals surface area contributed by atoms with Gasteiger partial charge in [0.25, 0.3) is 0 Å². The highest BCUT2D eigenvalue weighted by molar-refractivity contribution is 6.75. The summed E-state index contributed by atoms with van der Waals surface area (Å²) < 4.78 is 20.6. The Bertz CT molecular complexity index is 806. The standard InChI is InChI=1S/C24H40O3Si2/c1-22(2,3)28(10,11)25-18-15-16-20-21-17(18)13-12-14-19(21)26-29(27-20,23(4,5)6)24(7,8)9/h12-15,20H,16H2,1-11H3/t20-/m0/s1. The second kappa shape index (κ2) is 6.73. The van der Waals surface area contributed by atoms with Crippen LogP contribution in [-0.4, -0.2) is 16.9 Å². The van der Waals surface area contributed by atoms with Gasteiger partial charge in [0.15, 0.2) is 0 Å². The zero-order chi connectivity index (χ0) is 22.0. The molecule has 0 saturated carbocycles. The first-order valence-corrected chi connectivity index (χ1v) is 15.6. The van der Waals surface area contributed by atoms with Gasteiger partial charge in [-0.15, -0.1) is 0 Å². The molecule has 0 N–H and O–H groups in total. The van der Waals surface area contributed by atoms with Crippen LogP contribution in [0.1, 0.15) is 86.0 Å². The van der Waals surface area contributed by atoms with Gasteiger partial charge in [0.05, 0.1) is 6.10 Å². The minimum absolute atomic E-state index is 0.0411. The van der Waals surface area contributed by atoms with E-state index in [0.717, 1.165) is 23.5 Å². The highest BCUT2D eigenvalue weighted by Gasteiger charge is 2.63. The molecule has 1 heterocycles. The van der Waals surface area contributed by atoms with E-state index < -0.39 is 16.9 Å². The summed E-state index contributed by atoms with van der Waals surface area (Å²) in [5.74, 6) is 2.01. The first-order chi connectivity index (χ1) is 13.0. The lowest BCUT2D eigenvalue weighted by Gasteiger charge is -2.53. The van der Waals surface area contributed by atoms with Crippen molar-refractivity contribution in [2.45, 2.75) is 103 Å². The summed E-state index contributed by atoms with van der Waals surface area (Å²) in [6.45, 7) is 25.1. The van der Waals surface area contributed by atoms with Crippen molar-refractivity contribution in [1.82, 2.24) is 0 Å². The van der Waals surface area contributed by atoms with Gasteiger partial charge in [-0.2, -0.15) is 0 Å². The SMILES string of the molecule is CC(C)(C)[Si](C)(C)OC1=CC[C@@H]2O[Si](C(C)(C)C)(C(C)(C)C)Oc3cccc1c32. The first kappa shape index (κ1) is 22.6. The molecule has 1 aliphatic carbocycles. The summed E-state index contributed by atoms with van der Waals surface area (Å²) in [4.78, 5) is 0. The third-order valence-electron chi connectivity index (χ3n) is 6.88. The van der Waals surface area contributed by atoms with Gasteiger partial charge < -0.3 is 13.3 Å². The average Bonchev–Trinajstić information content (AvgIpc) is 2.54. The van der Waals surface area contributed by atoms with Gasteiger partial charge in [0, 0.05) is 21.2 Å². The third-order valence-corrected chi connectivity index (χ3v) is 16.3. The summed E-state index contributed by atoms with van der Waals surface area (Å²) >= 11 is 0. The van der Waals surface area contributed by atoms with Crippen LogP contribution in [0.25, 0.3) is 5.76 Å². The molecule has 0 fully saturated rings. The molecule has 1 atom stereocenters. The molecule has 3 nitrogen and oxygen atoms in total. The molecule has 0 bridgehead atoms. The Kier molecular flexibility index (Phi) is 5.25. The molecule has 0 aromatic heterocycles. The molecule has 0 saturated heterocycles. The molecule has 1 aromatic carbocycles. The monoisotopic (exact) mass is 432 g/mol. The van der Waals surface area contributed by atoms with Gasteiger partial charge in [0.1, 0.15) is 11.5 Å². The minimum atomic E-state index is -2.57. The number of hydrogen-bond donors (Lipinski definition) is 0. The molecule has 5 heteroatoms. The summed E-state index contributed by atoms with van der Waals surface area (Å²) in [6, 6.07) is 6.40. The fourth-order valence-electron chi connectivity index (χ4n) is 4.42. The van der Waals surface area contributed by atoms with Crippen molar-refractivity contribution in [3.05, 3.63) is 35.4 Å². The summed E-state index contributed by atoms with van der Waals surface area (Å²) in [7, 11) is -4.49. The average molecular weight is 433 g/mol. The van der Waals surface area contributed by atoms with Gasteiger partial charge in [-0.3, -0.25) is 0 Å². The Morgan fingerprint density at radius 1 is 0.966 bits per heavy atom. The fraction of sp³-hybridized carbons (Fsp3) is 0.667. The Labute approximate surface area is 180 Å². The molecule has 1 aliphatic heterocycles. The van der Waals surface area contributed by atoms with E-state index in [9.17, 15) is 0 Å². The van der Waals surface area contributed by atoms with Crippen molar-refractivity contribution in [2.75, 3.05) is 0 Å². The quantitative estimate of drug-likeness (QED) is 0.444. The predicted octanol–water partition coefficient (Wildman–Crippen LogP) is 7.95. The maximum absolute atomic E-state index is 6.98. The smallest absolute Gasteiger partial charge is 0.410 e. The first-order valence-electron chi connectivity index (χ1n) is 10.9. The number of benzene rings is 1. The lowest BCUT2D eigenvalue weighted by molar-refractivity contribution is 0.0963. The van der Waals surface area contributed by atoms with Crippen molar-refractivity contribution in [2.24, 2.45) is 0 Å². The van der Waals surface area contributed by atoms with Crippen LogP contribution in [0.3, 0.4) is 0 Å². The maximum Gasteiger partial charge on any atom is 0.410 e. The second-order valence-electron chi connectivity index (χ2n) is 12.2. The molecule has 162 valence electrons. The van der Waals surface area contributed by atoms with Crippen LogP contribution < -0.4 is 4.43 Å². The van der Waals surface area contributed by atoms with Crippen LogP contribution in [0, 0.1) is 0 Å². The third kappa shape index (κ3) is 3.63. The van der Waals surface area contributed by atoms with E-state index in [1.165, 1.54) is 5.56 Å². The summed E-state index contributed by atoms with van der Waals surface area (Å²) in [5, 5.41) is 0.0776. The second-order valence-corrected chi connectivity index (χ2v) is 21.6. The van der Waals surface area contributed by atoms with Crippen LogP contribution in [-0.2, 0) is 8.85 Å². The molecular formula is C24H40O3Si2. The van der Waals surface area contributed by atoms with Crippen molar-refractivity contribution in [3.63, 3.8) is 0 Å². The molecule has 3 rings (SSSR count). The largest absolute Gasteiger partial charge is 0.543 e. The van der Waals surface area contributed by atoms with Gasteiger partial charge in [-0.1, -0.05) is 74.4 Å². The molecule has 0 radical (unpaired) electrons. The minimum Gasteiger partial charge on any atom is -0.543 e. The van der Waals surface area contributed by atoms with Crippen molar-refractivity contribution >= 4 is 22.6 Å². The summed E-state index contributed by atoms with van der Waals surface area (Å²) in [6.07, 6.45) is 3.15. The molecule has 29 heavy (non-hydrogen) atoms. The predicted molar refractivity (Wildman–Crippen MR) is 127 cm³/mol. The molecule has 2 aliphatic rings. The van der Waals surface area contributed by atoms with Crippen molar-refractivity contribution in [3.8, 4) is 5.75 Å². The van der Waals surface area contributed by atoms with E-state index in [4.69, 9.17) is 13.3 Å². The zero-order valence-corrected chi connectivity index (χ0v) is 22.3. The molecule has 0 amide bonds. The Balaban J connectivity index is 2.07. The van der Waals surface area contributed by atoms with Crippen LogP contribution in [0.4, 0.5) is 0 Å². The van der Waals surface area contributed by atoms with Gasteiger partial charge in [-0.25, -0.2) is 0 Å². The molecule has 1 aromatic rings. The van der Waals surface area contributed by atoms with Crippen LogP contribution in [0.2, 0.25) is 28.2 Å². The normalized spacial score (nSPS) is 21.8. The molecular weight excluding hydrogens is 392 g/mol. The van der Waals surface area contributed by atoms with Crippen LogP contribution in [0.5, 0.6) is 5.75 Å². The van der Waals surface area contributed by atoms with E-state index in [2.05, 4.69) is 99.7 Å². The lowest BCUT2D eigenvalue weighted by atomic mass is 9.92. The van der Waals surface area contributed by atoms with Crippen LogP contribution >= 0.6 is 0 Å². The number of rotatable bonds is 2. The van der Waals surface area contributed by atoms with Crippen molar-refractivity contribution < 1.29 is 13.3 Å². The molecule has 0 unspecified atom stereocenters. The van der Waals surface area contributed by atoms with Crippen LogP contribution in [0.15, 0.2) is 24.3 Å². The highest BCUT2D eigenvalue weighted by Crippen LogP contribution is 2.59. The van der Waals surface area contributed by atoms with Crippen molar-refractivity contribution in [1.29, 1.82) is 0 Å². The van der Waals surface area contributed by atoms with E-state index in [1.807, 2.05) is 0 Å². The topological polar surface area (TPSA) is 27.7 Å². The maximum atomic E-state index is 6.98. The summed E-state index contributed by atoms with van der Waals surface area (Å²) in [5.41, 5.74) is 2.33. The zero-order valence-electron chi connectivity index (χ0n) is 20.3. The Morgan fingerprint density at radius 2 is 1.55 bits per heavy atom. The van der Waals surface area contributed by atoms with Gasteiger partial charge in [-0.05, 0) is 36.7 Å². The van der Waals surface area contributed by atoms with E-state index >= 15 is 0 Å². The number of hydrogen-bond acceptors (Lipinski definition) is 3. The Hall–Kier alpha value is -1.05. The van der Waals surface area contributed by atoms with E-state index in [0.29, 0.717) is 0 Å². The van der Waals surface area contributed by atoms with Gasteiger partial charge >= 0.3 is 8.56 Å². The van der Waals surface area contributed by atoms with E-state index in [1.54, 1.807) is 0 Å². The van der Waals surface area contributed by atoms with Gasteiger partial charge in [0.2, 0.25) is 8.32 Å². The fourth-order valence-corrected chi connectivity index (χ4v) is 10.2. The Morgan fingerprint density at radius 3 is 2.07 bits per heavy atom. The molecule has 0 spiro atoms.